The highest BCUT2D eigenvalue weighted by molar-refractivity contribution is 6.34. The summed E-state index contributed by atoms with van der Waals surface area (Å²) in [4.78, 5) is 27.5. The first-order valence-electron chi connectivity index (χ1n) is 8.77. The minimum absolute atomic E-state index is 0.0200. The number of primary amides is 1. The van der Waals surface area contributed by atoms with Crippen molar-refractivity contribution in [1.29, 1.82) is 0 Å². The first-order valence-corrected chi connectivity index (χ1v) is 9.15. The molecule has 2 heterocycles. The lowest BCUT2D eigenvalue weighted by Gasteiger charge is -2.34. The Bertz CT molecular complexity index is 658. The van der Waals surface area contributed by atoms with Gasteiger partial charge in [0.05, 0.1) is 29.6 Å². The first kappa shape index (κ1) is 18.6. The van der Waals surface area contributed by atoms with Crippen LogP contribution in [0.2, 0.25) is 5.02 Å². The van der Waals surface area contributed by atoms with Crippen LogP contribution in [0.1, 0.15) is 12.8 Å². The number of halogens is 1. The molecule has 0 aromatic heterocycles. The number of hydrogen-bond acceptors (Lipinski definition) is 4. The van der Waals surface area contributed by atoms with E-state index >= 15 is 0 Å². The van der Waals surface area contributed by atoms with E-state index in [2.05, 4.69) is 15.5 Å². The van der Waals surface area contributed by atoms with Crippen LogP contribution in [0.4, 0.5) is 21.0 Å². The molecule has 26 heavy (non-hydrogen) atoms. The third kappa shape index (κ3) is 4.50. The molecule has 142 valence electrons. The summed E-state index contributed by atoms with van der Waals surface area (Å²) >= 11 is 6.40. The maximum absolute atomic E-state index is 12.7. The Hall–Kier alpha value is -2.19. The van der Waals surface area contributed by atoms with E-state index in [1.54, 1.807) is 4.90 Å². The van der Waals surface area contributed by atoms with Crippen molar-refractivity contribution in [2.45, 2.75) is 18.9 Å². The zero-order chi connectivity index (χ0) is 18.5. The maximum atomic E-state index is 12.7. The number of anilines is 2. The van der Waals surface area contributed by atoms with E-state index in [1.165, 1.54) is 0 Å². The molecule has 3 rings (SSSR count). The third-order valence-electron chi connectivity index (χ3n) is 4.68. The van der Waals surface area contributed by atoms with Gasteiger partial charge < -0.3 is 30.9 Å². The van der Waals surface area contributed by atoms with Crippen LogP contribution in [0.5, 0.6) is 0 Å². The molecule has 2 aliphatic rings. The van der Waals surface area contributed by atoms with Crippen LogP contribution < -0.4 is 21.3 Å². The standard InChI is InChI=1S/C17H24ClN5O3/c18-13-2-1-3-14(15(13)22-8-10-26-11-9-22)21-17(25)23-6-4-12(5-7-23)20-16(19)24/h1-3,12H,4-11H2,(H,21,25)(H3,19,20,24). The summed E-state index contributed by atoms with van der Waals surface area (Å²) in [6.07, 6.45) is 1.37. The van der Waals surface area contributed by atoms with Gasteiger partial charge in [0, 0.05) is 32.2 Å². The smallest absolute Gasteiger partial charge is 0.321 e. The molecule has 0 bridgehead atoms. The van der Waals surface area contributed by atoms with Gasteiger partial charge in [-0.1, -0.05) is 17.7 Å². The quantitative estimate of drug-likeness (QED) is 0.743. The number of likely N-dealkylation sites (tertiary alicyclic amines) is 1. The van der Waals surface area contributed by atoms with E-state index in [0.29, 0.717) is 49.9 Å². The second kappa shape index (κ2) is 8.46. The molecule has 4 N–H and O–H groups in total. The van der Waals surface area contributed by atoms with Gasteiger partial charge in [0.25, 0.3) is 0 Å². The predicted molar refractivity (Wildman–Crippen MR) is 101 cm³/mol. The molecule has 0 spiro atoms. The van der Waals surface area contributed by atoms with Crippen LogP contribution in [0.25, 0.3) is 0 Å². The van der Waals surface area contributed by atoms with E-state index in [4.69, 9.17) is 22.1 Å². The van der Waals surface area contributed by atoms with Crippen molar-refractivity contribution in [2.24, 2.45) is 5.73 Å². The van der Waals surface area contributed by atoms with Gasteiger partial charge in [-0.25, -0.2) is 9.59 Å². The number of nitrogens with two attached hydrogens (primary N) is 1. The summed E-state index contributed by atoms with van der Waals surface area (Å²) in [6, 6.07) is 4.83. The average molecular weight is 382 g/mol. The van der Waals surface area contributed by atoms with Gasteiger partial charge in [-0.3, -0.25) is 0 Å². The second-order valence-corrected chi connectivity index (χ2v) is 6.84. The van der Waals surface area contributed by atoms with E-state index in [0.717, 1.165) is 18.8 Å². The molecular formula is C17H24ClN5O3. The number of rotatable bonds is 3. The molecule has 0 radical (unpaired) electrons. The lowest BCUT2D eigenvalue weighted by Crippen LogP contribution is -2.49. The number of nitrogens with zero attached hydrogens (tertiary/aromatic N) is 2. The van der Waals surface area contributed by atoms with Crippen LogP contribution >= 0.6 is 11.6 Å². The lowest BCUT2D eigenvalue weighted by atomic mass is 10.1. The van der Waals surface area contributed by atoms with Gasteiger partial charge in [-0.15, -0.1) is 0 Å². The zero-order valence-electron chi connectivity index (χ0n) is 14.5. The van der Waals surface area contributed by atoms with Crippen molar-refractivity contribution in [2.75, 3.05) is 49.6 Å². The van der Waals surface area contributed by atoms with Crippen molar-refractivity contribution in [3.8, 4) is 0 Å². The summed E-state index contributed by atoms with van der Waals surface area (Å²) in [5.74, 6) is 0. The van der Waals surface area contributed by atoms with E-state index in [-0.39, 0.29) is 12.1 Å². The fourth-order valence-corrected chi connectivity index (χ4v) is 3.64. The molecule has 2 fully saturated rings. The highest BCUT2D eigenvalue weighted by Gasteiger charge is 2.25. The van der Waals surface area contributed by atoms with Gasteiger partial charge in [0.1, 0.15) is 0 Å². The highest BCUT2D eigenvalue weighted by Crippen LogP contribution is 2.34. The van der Waals surface area contributed by atoms with Gasteiger partial charge in [0.2, 0.25) is 0 Å². The van der Waals surface area contributed by atoms with Crippen molar-refractivity contribution in [1.82, 2.24) is 10.2 Å². The Kier molecular flexibility index (Phi) is 6.05. The zero-order valence-corrected chi connectivity index (χ0v) is 15.3. The Balaban J connectivity index is 1.64. The molecule has 8 nitrogen and oxygen atoms in total. The van der Waals surface area contributed by atoms with Gasteiger partial charge in [-0.05, 0) is 25.0 Å². The van der Waals surface area contributed by atoms with Crippen LogP contribution in [0.3, 0.4) is 0 Å². The molecule has 1 aromatic rings. The van der Waals surface area contributed by atoms with E-state index in [9.17, 15) is 9.59 Å². The summed E-state index contributed by atoms with van der Waals surface area (Å²) in [5, 5.41) is 6.28. The monoisotopic (exact) mass is 381 g/mol. The Labute approximate surface area is 157 Å². The van der Waals surface area contributed by atoms with Gasteiger partial charge >= 0.3 is 12.1 Å². The van der Waals surface area contributed by atoms with Crippen LogP contribution in [0.15, 0.2) is 18.2 Å². The Morgan fingerprint density at radius 3 is 2.50 bits per heavy atom. The lowest BCUT2D eigenvalue weighted by molar-refractivity contribution is 0.123. The number of piperidine rings is 1. The molecule has 0 unspecified atom stereocenters. The molecule has 2 saturated heterocycles. The van der Waals surface area contributed by atoms with Crippen LogP contribution in [-0.2, 0) is 4.74 Å². The predicted octanol–water partition coefficient (Wildman–Crippen LogP) is 1.84. The normalized spacial score (nSPS) is 18.5. The fourth-order valence-electron chi connectivity index (χ4n) is 3.35. The molecule has 1 aromatic carbocycles. The van der Waals surface area contributed by atoms with Crippen LogP contribution in [-0.4, -0.2) is 62.4 Å². The van der Waals surface area contributed by atoms with Gasteiger partial charge in [-0.2, -0.15) is 0 Å². The summed E-state index contributed by atoms with van der Waals surface area (Å²) in [5.41, 5.74) is 6.68. The number of hydrogen-bond donors (Lipinski definition) is 3. The number of para-hydroxylation sites is 1. The summed E-state index contributed by atoms with van der Waals surface area (Å²) < 4.78 is 5.40. The average Bonchev–Trinajstić information content (AvgIpc) is 2.62. The number of benzene rings is 1. The SMILES string of the molecule is NC(=O)NC1CCN(C(=O)Nc2cccc(Cl)c2N2CCOCC2)CC1. The minimum Gasteiger partial charge on any atom is -0.378 e. The second-order valence-electron chi connectivity index (χ2n) is 6.44. The largest absolute Gasteiger partial charge is 0.378 e. The number of nitrogens with one attached hydrogen (secondary N) is 2. The van der Waals surface area contributed by atoms with E-state index < -0.39 is 6.03 Å². The summed E-state index contributed by atoms with van der Waals surface area (Å²) in [7, 11) is 0. The topological polar surface area (TPSA) is 99.9 Å². The van der Waals surface area contributed by atoms with Crippen molar-refractivity contribution >= 4 is 35.0 Å². The molecule has 0 atom stereocenters. The maximum Gasteiger partial charge on any atom is 0.321 e. The molecule has 0 saturated carbocycles. The summed E-state index contributed by atoms with van der Waals surface area (Å²) in [6.45, 7) is 3.86. The van der Waals surface area contributed by atoms with Crippen molar-refractivity contribution in [3.05, 3.63) is 23.2 Å². The number of ether oxygens (including phenoxy) is 1. The van der Waals surface area contributed by atoms with Crippen LogP contribution in [0, 0.1) is 0 Å². The fraction of sp³-hybridized carbons (Fsp3) is 0.529. The third-order valence-corrected chi connectivity index (χ3v) is 4.99. The van der Waals surface area contributed by atoms with Gasteiger partial charge in [0.15, 0.2) is 0 Å². The first-order chi connectivity index (χ1) is 12.5. The Morgan fingerprint density at radius 1 is 1.15 bits per heavy atom. The minimum atomic E-state index is -0.526. The van der Waals surface area contributed by atoms with E-state index in [1.807, 2.05) is 18.2 Å². The molecular weight excluding hydrogens is 358 g/mol. The highest BCUT2D eigenvalue weighted by atomic mass is 35.5. The molecule has 9 heteroatoms. The number of carbonyl (C=O) groups excluding carboxylic acids is 2. The molecule has 4 amide bonds. The van der Waals surface area contributed by atoms with Crippen molar-refractivity contribution < 1.29 is 14.3 Å². The van der Waals surface area contributed by atoms with Crippen molar-refractivity contribution in [3.63, 3.8) is 0 Å². The number of amides is 4. The number of urea groups is 2. The number of morpholine rings is 1. The Morgan fingerprint density at radius 2 is 1.85 bits per heavy atom. The number of carbonyl (C=O) groups is 2. The molecule has 0 aliphatic carbocycles. The molecule has 2 aliphatic heterocycles.